The quantitative estimate of drug-likeness (QED) is 0.645. The van der Waals surface area contributed by atoms with Crippen LogP contribution < -0.4 is 0 Å². The van der Waals surface area contributed by atoms with Gasteiger partial charge in [0.1, 0.15) is 19.0 Å². The molecule has 5 nitrogen and oxygen atoms in total. The van der Waals surface area contributed by atoms with E-state index in [1.165, 1.54) is 12.1 Å². The molecule has 0 aliphatic heterocycles. The Morgan fingerprint density at radius 1 is 0.750 bits per heavy atom. The molecule has 5 heteroatoms. The van der Waals surface area contributed by atoms with Gasteiger partial charge in [0.05, 0.1) is 11.1 Å². The van der Waals surface area contributed by atoms with Crippen LogP contribution in [0.15, 0.2) is 72.8 Å². The molecule has 142 valence electrons. The molecule has 3 aromatic rings. The second-order valence-electron chi connectivity index (χ2n) is 6.27. The highest BCUT2D eigenvalue weighted by atomic mass is 16.5. The molecule has 0 aliphatic rings. The van der Waals surface area contributed by atoms with Crippen molar-refractivity contribution in [2.75, 3.05) is 0 Å². The average molecular weight is 376 g/mol. The van der Waals surface area contributed by atoms with Crippen molar-refractivity contribution in [3.63, 3.8) is 0 Å². The first-order chi connectivity index (χ1) is 13.5. The molecule has 3 rings (SSSR count). The SMILES string of the molecule is Cc1c(COC(=O)c2ccccc2)cc(O)cc1COC(=O)c1ccccc1. The number of hydrogen-bond acceptors (Lipinski definition) is 5. The van der Waals surface area contributed by atoms with Crippen LogP contribution in [0.3, 0.4) is 0 Å². The first kappa shape index (κ1) is 19.2. The maximum absolute atomic E-state index is 12.1. The number of ether oxygens (including phenoxy) is 2. The third-order valence-electron chi connectivity index (χ3n) is 4.34. The number of benzene rings is 3. The molecule has 0 radical (unpaired) electrons. The van der Waals surface area contributed by atoms with Crippen LogP contribution in [-0.4, -0.2) is 17.0 Å². The lowest BCUT2D eigenvalue weighted by molar-refractivity contribution is 0.0471. The van der Waals surface area contributed by atoms with Gasteiger partial charge < -0.3 is 14.6 Å². The molecule has 1 N–H and O–H groups in total. The zero-order chi connectivity index (χ0) is 19.9. The highest BCUT2D eigenvalue weighted by molar-refractivity contribution is 5.89. The van der Waals surface area contributed by atoms with Crippen LogP contribution >= 0.6 is 0 Å². The minimum Gasteiger partial charge on any atom is -0.508 e. The first-order valence-electron chi connectivity index (χ1n) is 8.80. The Hall–Kier alpha value is -3.60. The predicted molar refractivity (Wildman–Crippen MR) is 104 cm³/mol. The normalized spacial score (nSPS) is 10.3. The van der Waals surface area contributed by atoms with Crippen molar-refractivity contribution in [2.45, 2.75) is 20.1 Å². The summed E-state index contributed by atoms with van der Waals surface area (Å²) in [6.45, 7) is 1.85. The summed E-state index contributed by atoms with van der Waals surface area (Å²) >= 11 is 0. The lowest BCUT2D eigenvalue weighted by Gasteiger charge is -2.13. The predicted octanol–water partition coefficient (Wildman–Crippen LogP) is 4.41. The monoisotopic (exact) mass is 376 g/mol. The van der Waals surface area contributed by atoms with Crippen molar-refractivity contribution in [2.24, 2.45) is 0 Å². The molecular weight excluding hydrogens is 356 g/mol. The van der Waals surface area contributed by atoms with Crippen LogP contribution in [0.2, 0.25) is 0 Å². The van der Waals surface area contributed by atoms with E-state index in [0.29, 0.717) is 22.3 Å². The number of carbonyl (C=O) groups is 2. The van der Waals surface area contributed by atoms with E-state index in [4.69, 9.17) is 9.47 Å². The molecule has 0 bridgehead atoms. The molecule has 0 aliphatic carbocycles. The van der Waals surface area contributed by atoms with Crippen LogP contribution in [-0.2, 0) is 22.7 Å². The number of esters is 2. The second-order valence-corrected chi connectivity index (χ2v) is 6.27. The molecule has 28 heavy (non-hydrogen) atoms. The van der Waals surface area contributed by atoms with Gasteiger partial charge in [-0.1, -0.05) is 36.4 Å². The second kappa shape index (κ2) is 8.86. The maximum Gasteiger partial charge on any atom is 0.338 e. The van der Waals surface area contributed by atoms with Crippen molar-refractivity contribution >= 4 is 11.9 Å². The third kappa shape index (κ3) is 4.76. The van der Waals surface area contributed by atoms with E-state index in [2.05, 4.69) is 0 Å². The molecular formula is C23H20O5. The molecule has 0 saturated carbocycles. The topological polar surface area (TPSA) is 72.8 Å². The molecule has 0 fully saturated rings. The number of carbonyl (C=O) groups excluding carboxylic acids is 2. The largest absolute Gasteiger partial charge is 0.508 e. The Morgan fingerprint density at radius 2 is 1.14 bits per heavy atom. The Labute approximate surface area is 163 Å². The van der Waals surface area contributed by atoms with Crippen molar-refractivity contribution in [3.05, 3.63) is 101 Å². The van der Waals surface area contributed by atoms with Gasteiger partial charge in [0, 0.05) is 0 Å². The minimum atomic E-state index is -0.444. The fraction of sp³-hybridized carbons (Fsp3) is 0.130. The number of aromatic hydroxyl groups is 1. The fourth-order valence-corrected chi connectivity index (χ4v) is 2.72. The summed E-state index contributed by atoms with van der Waals surface area (Å²) in [4.78, 5) is 24.2. The maximum atomic E-state index is 12.1. The van der Waals surface area contributed by atoms with Crippen LogP contribution in [0, 0.1) is 6.92 Å². The van der Waals surface area contributed by atoms with E-state index in [-0.39, 0.29) is 19.0 Å². The summed E-state index contributed by atoms with van der Waals surface area (Å²) in [6, 6.07) is 20.4. The zero-order valence-electron chi connectivity index (χ0n) is 15.4. The molecule has 0 saturated heterocycles. The van der Waals surface area contributed by atoms with Gasteiger partial charge in [0.15, 0.2) is 0 Å². The standard InChI is InChI=1S/C23H20O5/c1-16-19(14-27-22(25)17-8-4-2-5-9-17)12-21(24)13-20(16)15-28-23(26)18-10-6-3-7-11-18/h2-13,24H,14-15H2,1H3. The summed E-state index contributed by atoms with van der Waals surface area (Å²) in [6.07, 6.45) is 0. The van der Waals surface area contributed by atoms with Gasteiger partial charge >= 0.3 is 11.9 Å². The van der Waals surface area contributed by atoms with Gasteiger partial charge in [-0.25, -0.2) is 9.59 Å². The van der Waals surface area contributed by atoms with Gasteiger partial charge in [0.2, 0.25) is 0 Å². The Bertz CT molecular complexity index is 888. The van der Waals surface area contributed by atoms with E-state index in [1.54, 1.807) is 48.5 Å². The molecule has 0 amide bonds. The summed E-state index contributed by atoms with van der Waals surface area (Å²) in [7, 11) is 0. The number of phenols is 1. The van der Waals surface area contributed by atoms with E-state index in [1.807, 2.05) is 19.1 Å². The Kier molecular flexibility index (Phi) is 6.07. The highest BCUT2D eigenvalue weighted by Crippen LogP contribution is 2.23. The molecule has 0 unspecified atom stereocenters. The minimum absolute atomic E-state index is 0.00753. The molecule has 0 heterocycles. The van der Waals surface area contributed by atoms with Crippen molar-refractivity contribution in [1.82, 2.24) is 0 Å². The van der Waals surface area contributed by atoms with Crippen LogP contribution in [0.5, 0.6) is 5.75 Å². The van der Waals surface area contributed by atoms with E-state index in [9.17, 15) is 14.7 Å². The van der Waals surface area contributed by atoms with E-state index >= 15 is 0 Å². The van der Waals surface area contributed by atoms with Gasteiger partial charge in [-0.05, 0) is 60.0 Å². The van der Waals surface area contributed by atoms with Crippen molar-refractivity contribution in [1.29, 1.82) is 0 Å². The molecule has 0 aromatic heterocycles. The lowest BCUT2D eigenvalue weighted by atomic mass is 10.0. The van der Waals surface area contributed by atoms with Crippen molar-refractivity contribution < 1.29 is 24.2 Å². The smallest absolute Gasteiger partial charge is 0.338 e. The van der Waals surface area contributed by atoms with Crippen LogP contribution in [0.1, 0.15) is 37.4 Å². The Morgan fingerprint density at radius 3 is 1.54 bits per heavy atom. The summed E-state index contributed by atoms with van der Waals surface area (Å²) in [5.41, 5.74) is 3.00. The van der Waals surface area contributed by atoms with Crippen LogP contribution in [0.4, 0.5) is 0 Å². The number of rotatable bonds is 6. The molecule has 3 aromatic carbocycles. The van der Waals surface area contributed by atoms with Crippen LogP contribution in [0.25, 0.3) is 0 Å². The van der Waals surface area contributed by atoms with E-state index in [0.717, 1.165) is 5.56 Å². The third-order valence-corrected chi connectivity index (χ3v) is 4.34. The lowest BCUT2D eigenvalue weighted by Crippen LogP contribution is -2.09. The summed E-state index contributed by atoms with van der Waals surface area (Å²) in [5.74, 6) is -0.872. The van der Waals surface area contributed by atoms with Gasteiger partial charge in [-0.2, -0.15) is 0 Å². The fourth-order valence-electron chi connectivity index (χ4n) is 2.72. The highest BCUT2D eigenvalue weighted by Gasteiger charge is 2.13. The van der Waals surface area contributed by atoms with Gasteiger partial charge in [0.25, 0.3) is 0 Å². The van der Waals surface area contributed by atoms with Crippen molar-refractivity contribution in [3.8, 4) is 5.75 Å². The van der Waals surface area contributed by atoms with Gasteiger partial charge in [-0.3, -0.25) is 0 Å². The summed E-state index contributed by atoms with van der Waals surface area (Å²) in [5, 5.41) is 10.0. The average Bonchev–Trinajstić information content (AvgIpc) is 2.73. The number of phenolic OH excluding ortho intramolecular Hbond substituents is 1. The zero-order valence-corrected chi connectivity index (χ0v) is 15.4. The van der Waals surface area contributed by atoms with Gasteiger partial charge in [-0.15, -0.1) is 0 Å². The Balaban J connectivity index is 1.68. The number of hydrogen-bond donors (Lipinski definition) is 1. The molecule has 0 spiro atoms. The summed E-state index contributed by atoms with van der Waals surface area (Å²) < 4.78 is 10.7. The molecule has 0 atom stereocenters. The van der Waals surface area contributed by atoms with E-state index < -0.39 is 11.9 Å². The first-order valence-corrected chi connectivity index (χ1v) is 8.80.